The van der Waals surface area contributed by atoms with Gasteiger partial charge in [0.1, 0.15) is 6.61 Å². The van der Waals surface area contributed by atoms with Crippen LogP contribution in [0.4, 0.5) is 0 Å². The second-order valence-corrected chi connectivity index (χ2v) is 5.74. The molecule has 5 heteroatoms. The SMILES string of the molecule is CCC(=O)OCCSc1nc2ccccc2s1. The lowest BCUT2D eigenvalue weighted by Gasteiger charge is -2.00. The molecule has 0 radical (unpaired) electrons. The molecule has 1 aromatic heterocycles. The molecular weight excluding hydrogens is 254 g/mol. The standard InChI is InChI=1S/C12H13NO2S2/c1-2-11(14)15-7-8-16-12-13-9-5-3-4-6-10(9)17-12/h3-6H,2,7-8H2,1H3. The van der Waals surface area contributed by atoms with Crippen molar-refractivity contribution in [3.8, 4) is 0 Å². The summed E-state index contributed by atoms with van der Waals surface area (Å²) in [4.78, 5) is 15.4. The Bertz CT molecular complexity index is 477. The molecule has 0 fully saturated rings. The topological polar surface area (TPSA) is 39.2 Å². The van der Waals surface area contributed by atoms with Crippen molar-refractivity contribution >= 4 is 39.3 Å². The van der Waals surface area contributed by atoms with E-state index in [1.165, 1.54) is 4.70 Å². The second kappa shape index (κ2) is 6.02. The largest absolute Gasteiger partial charge is 0.465 e. The zero-order valence-corrected chi connectivity index (χ0v) is 11.1. The summed E-state index contributed by atoms with van der Waals surface area (Å²) in [6.07, 6.45) is 0.436. The van der Waals surface area contributed by atoms with Crippen LogP contribution < -0.4 is 0 Å². The minimum absolute atomic E-state index is 0.144. The molecule has 2 aromatic rings. The van der Waals surface area contributed by atoms with Crippen LogP contribution in [0.5, 0.6) is 0 Å². The van der Waals surface area contributed by atoms with E-state index in [1.54, 1.807) is 30.0 Å². The minimum atomic E-state index is -0.144. The molecule has 1 heterocycles. The maximum absolute atomic E-state index is 10.9. The number of nitrogens with zero attached hydrogens (tertiary/aromatic N) is 1. The molecule has 0 N–H and O–H groups in total. The first-order valence-electron chi connectivity index (χ1n) is 5.43. The van der Waals surface area contributed by atoms with Gasteiger partial charge in [-0.2, -0.15) is 0 Å². The maximum atomic E-state index is 10.9. The summed E-state index contributed by atoms with van der Waals surface area (Å²) in [5, 5.41) is 0. The molecule has 3 nitrogen and oxygen atoms in total. The maximum Gasteiger partial charge on any atom is 0.305 e. The quantitative estimate of drug-likeness (QED) is 0.473. The molecular formula is C12H13NO2S2. The molecule has 1 aromatic carbocycles. The molecule has 2 rings (SSSR count). The Hall–Kier alpha value is -1.07. The third kappa shape index (κ3) is 3.44. The van der Waals surface area contributed by atoms with Crippen LogP contribution >= 0.6 is 23.1 Å². The predicted molar refractivity (Wildman–Crippen MR) is 71.6 cm³/mol. The Labute approximate surface area is 108 Å². The van der Waals surface area contributed by atoms with Crippen molar-refractivity contribution < 1.29 is 9.53 Å². The number of fused-ring (bicyclic) bond motifs is 1. The monoisotopic (exact) mass is 267 g/mol. The number of rotatable bonds is 5. The summed E-state index contributed by atoms with van der Waals surface area (Å²) in [6.45, 7) is 2.25. The van der Waals surface area contributed by atoms with Crippen LogP contribution in [0, 0.1) is 0 Å². The summed E-state index contributed by atoms with van der Waals surface area (Å²) < 4.78 is 7.23. The molecule has 17 heavy (non-hydrogen) atoms. The van der Waals surface area contributed by atoms with E-state index < -0.39 is 0 Å². The molecule has 0 amide bonds. The fourth-order valence-corrected chi connectivity index (χ4v) is 3.26. The van der Waals surface area contributed by atoms with Crippen LogP contribution in [0.2, 0.25) is 0 Å². The van der Waals surface area contributed by atoms with Gasteiger partial charge in [0.25, 0.3) is 0 Å². The molecule has 0 aliphatic heterocycles. The number of esters is 1. The van der Waals surface area contributed by atoms with Crippen LogP contribution in [0.15, 0.2) is 28.6 Å². The molecule has 0 saturated carbocycles. The summed E-state index contributed by atoms with van der Waals surface area (Å²) in [7, 11) is 0. The highest BCUT2D eigenvalue weighted by molar-refractivity contribution is 8.01. The first-order chi connectivity index (χ1) is 8.29. The van der Waals surface area contributed by atoms with E-state index in [0.717, 1.165) is 15.6 Å². The van der Waals surface area contributed by atoms with E-state index >= 15 is 0 Å². The van der Waals surface area contributed by atoms with Crippen LogP contribution in [0.3, 0.4) is 0 Å². The lowest BCUT2D eigenvalue weighted by molar-refractivity contribution is -0.142. The zero-order valence-electron chi connectivity index (χ0n) is 9.51. The van der Waals surface area contributed by atoms with Crippen molar-refractivity contribution in [2.75, 3.05) is 12.4 Å². The number of thioether (sulfide) groups is 1. The van der Waals surface area contributed by atoms with Crippen molar-refractivity contribution in [3.63, 3.8) is 0 Å². The molecule has 0 aliphatic carbocycles. The lowest BCUT2D eigenvalue weighted by atomic mass is 10.3. The van der Waals surface area contributed by atoms with Gasteiger partial charge in [-0.1, -0.05) is 30.8 Å². The number of para-hydroxylation sites is 1. The fourth-order valence-electron chi connectivity index (χ4n) is 1.30. The van der Waals surface area contributed by atoms with Crippen LogP contribution in [0.1, 0.15) is 13.3 Å². The summed E-state index contributed by atoms with van der Waals surface area (Å²) in [5.41, 5.74) is 1.03. The summed E-state index contributed by atoms with van der Waals surface area (Å²) in [5.74, 6) is 0.612. The van der Waals surface area contributed by atoms with E-state index in [0.29, 0.717) is 13.0 Å². The summed E-state index contributed by atoms with van der Waals surface area (Å²) >= 11 is 3.30. The number of thiazole rings is 1. The van der Waals surface area contributed by atoms with Crippen molar-refractivity contribution in [2.24, 2.45) is 0 Å². The van der Waals surface area contributed by atoms with Crippen LogP contribution in [0.25, 0.3) is 10.2 Å². The number of hydrogen-bond acceptors (Lipinski definition) is 5. The lowest BCUT2D eigenvalue weighted by Crippen LogP contribution is -2.05. The first kappa shape index (κ1) is 12.4. The van der Waals surface area contributed by atoms with E-state index in [4.69, 9.17) is 4.74 Å². The predicted octanol–water partition coefficient (Wildman–Crippen LogP) is 3.34. The third-order valence-electron chi connectivity index (χ3n) is 2.13. The fraction of sp³-hybridized carbons (Fsp3) is 0.333. The van der Waals surface area contributed by atoms with Gasteiger partial charge >= 0.3 is 5.97 Å². The molecule has 0 bridgehead atoms. The Morgan fingerprint density at radius 1 is 1.47 bits per heavy atom. The van der Waals surface area contributed by atoms with Gasteiger partial charge in [0.05, 0.1) is 10.2 Å². The highest BCUT2D eigenvalue weighted by Crippen LogP contribution is 2.28. The van der Waals surface area contributed by atoms with Gasteiger partial charge in [0, 0.05) is 12.2 Å². The zero-order chi connectivity index (χ0) is 12.1. The number of aromatic nitrogens is 1. The van der Waals surface area contributed by atoms with E-state index in [2.05, 4.69) is 11.1 Å². The van der Waals surface area contributed by atoms with Gasteiger partial charge < -0.3 is 4.74 Å². The highest BCUT2D eigenvalue weighted by Gasteiger charge is 2.04. The van der Waals surface area contributed by atoms with Crippen molar-refractivity contribution in [1.82, 2.24) is 4.98 Å². The molecule has 90 valence electrons. The smallest absolute Gasteiger partial charge is 0.305 e. The minimum Gasteiger partial charge on any atom is -0.465 e. The van der Waals surface area contributed by atoms with Gasteiger partial charge in [0.15, 0.2) is 4.34 Å². The highest BCUT2D eigenvalue weighted by atomic mass is 32.2. The van der Waals surface area contributed by atoms with Gasteiger partial charge in [-0.3, -0.25) is 4.79 Å². The van der Waals surface area contributed by atoms with E-state index in [9.17, 15) is 4.79 Å². The number of ether oxygens (including phenoxy) is 1. The Kier molecular flexibility index (Phi) is 4.39. The van der Waals surface area contributed by atoms with E-state index in [1.807, 2.05) is 18.2 Å². The average molecular weight is 267 g/mol. The van der Waals surface area contributed by atoms with Gasteiger partial charge in [-0.05, 0) is 12.1 Å². The molecule has 0 aliphatic rings. The van der Waals surface area contributed by atoms with Crippen LogP contribution in [-0.4, -0.2) is 23.3 Å². The second-order valence-electron chi connectivity index (χ2n) is 3.37. The average Bonchev–Trinajstić information content (AvgIpc) is 2.76. The number of benzene rings is 1. The number of carbonyl (C=O) groups is 1. The van der Waals surface area contributed by atoms with Gasteiger partial charge in [-0.25, -0.2) is 4.98 Å². The molecule has 0 spiro atoms. The van der Waals surface area contributed by atoms with E-state index in [-0.39, 0.29) is 5.97 Å². The number of carbonyl (C=O) groups excluding carboxylic acids is 1. The van der Waals surface area contributed by atoms with Gasteiger partial charge in [-0.15, -0.1) is 11.3 Å². The molecule has 0 unspecified atom stereocenters. The molecule has 0 saturated heterocycles. The summed E-state index contributed by atoms with van der Waals surface area (Å²) in [6, 6.07) is 8.07. The Morgan fingerprint density at radius 3 is 3.06 bits per heavy atom. The van der Waals surface area contributed by atoms with Crippen molar-refractivity contribution in [3.05, 3.63) is 24.3 Å². The van der Waals surface area contributed by atoms with Gasteiger partial charge in [0.2, 0.25) is 0 Å². The molecule has 0 atom stereocenters. The number of hydrogen-bond donors (Lipinski definition) is 0. The Balaban J connectivity index is 1.85. The normalized spacial score (nSPS) is 10.6. The third-order valence-corrected chi connectivity index (χ3v) is 4.28. The van der Waals surface area contributed by atoms with Crippen molar-refractivity contribution in [2.45, 2.75) is 17.7 Å². The van der Waals surface area contributed by atoms with Crippen LogP contribution in [-0.2, 0) is 9.53 Å². The first-order valence-corrected chi connectivity index (χ1v) is 7.24. The van der Waals surface area contributed by atoms with Crippen molar-refractivity contribution in [1.29, 1.82) is 0 Å². The Morgan fingerprint density at radius 2 is 2.29 bits per heavy atom.